The van der Waals surface area contributed by atoms with Crippen molar-refractivity contribution in [3.8, 4) is 11.3 Å². The van der Waals surface area contributed by atoms with Crippen molar-refractivity contribution >= 4 is 16.9 Å². The molecular weight excluding hydrogens is 352 g/mol. The summed E-state index contributed by atoms with van der Waals surface area (Å²) in [5.74, 6) is 0.0730. The van der Waals surface area contributed by atoms with Crippen LogP contribution in [0.3, 0.4) is 0 Å². The molecule has 0 spiro atoms. The van der Waals surface area contributed by atoms with E-state index in [9.17, 15) is 4.79 Å². The predicted octanol–water partition coefficient (Wildman–Crippen LogP) is 4.85. The number of nitrogens with one attached hydrogen (secondary N) is 1. The van der Waals surface area contributed by atoms with Gasteiger partial charge in [-0.1, -0.05) is 36.4 Å². The molecule has 0 radical (unpaired) electrons. The van der Waals surface area contributed by atoms with E-state index in [0.29, 0.717) is 6.54 Å². The highest BCUT2D eigenvalue weighted by molar-refractivity contribution is 5.95. The molecule has 4 aromatic rings. The fourth-order valence-electron chi connectivity index (χ4n) is 3.28. The van der Waals surface area contributed by atoms with Crippen LogP contribution in [0.1, 0.15) is 30.5 Å². The van der Waals surface area contributed by atoms with Crippen LogP contribution in [0.15, 0.2) is 78.3 Å². The van der Waals surface area contributed by atoms with Crippen molar-refractivity contribution in [2.75, 3.05) is 6.54 Å². The molecule has 1 N–H and O–H groups in total. The summed E-state index contributed by atoms with van der Waals surface area (Å²) in [5.41, 5.74) is 3.25. The SMILES string of the molecule is C=CCN(C(=O)c1cc(-c2ncnc3[nH]ccc23)co1)[C@@H](C)c1ccccc1.[HH]. The van der Waals surface area contributed by atoms with E-state index in [1.54, 1.807) is 23.3 Å². The number of carbonyl (C=O) groups is 1. The summed E-state index contributed by atoms with van der Waals surface area (Å²) in [5, 5.41) is 0.878. The Morgan fingerprint density at radius 3 is 2.93 bits per heavy atom. The van der Waals surface area contributed by atoms with Crippen molar-refractivity contribution in [2.24, 2.45) is 0 Å². The van der Waals surface area contributed by atoms with Crippen LogP contribution < -0.4 is 0 Å². The Morgan fingerprint density at radius 1 is 1.32 bits per heavy atom. The molecule has 0 aliphatic heterocycles. The van der Waals surface area contributed by atoms with Gasteiger partial charge in [-0.2, -0.15) is 0 Å². The van der Waals surface area contributed by atoms with Gasteiger partial charge in [-0.05, 0) is 24.6 Å². The zero-order chi connectivity index (χ0) is 19.5. The number of hydrogen-bond acceptors (Lipinski definition) is 4. The van der Waals surface area contributed by atoms with E-state index in [4.69, 9.17) is 4.42 Å². The molecule has 4 rings (SSSR count). The fourth-order valence-corrected chi connectivity index (χ4v) is 3.28. The molecule has 1 amide bonds. The van der Waals surface area contributed by atoms with Gasteiger partial charge in [0.1, 0.15) is 18.2 Å². The minimum atomic E-state index is -0.193. The highest BCUT2D eigenvalue weighted by atomic mass is 16.3. The molecule has 3 aromatic heterocycles. The van der Waals surface area contributed by atoms with Gasteiger partial charge in [0.05, 0.1) is 11.7 Å². The number of H-pyrrole nitrogens is 1. The Morgan fingerprint density at radius 2 is 2.14 bits per heavy atom. The third-order valence-electron chi connectivity index (χ3n) is 4.77. The van der Waals surface area contributed by atoms with Gasteiger partial charge in [-0.15, -0.1) is 6.58 Å². The Bertz CT molecular complexity index is 1120. The molecule has 0 bridgehead atoms. The van der Waals surface area contributed by atoms with Crippen LogP contribution in [0.25, 0.3) is 22.3 Å². The summed E-state index contributed by atoms with van der Waals surface area (Å²) in [6, 6.07) is 13.4. The predicted molar refractivity (Wildman–Crippen MR) is 110 cm³/mol. The fraction of sp³-hybridized carbons (Fsp3) is 0.136. The third kappa shape index (κ3) is 3.20. The van der Waals surface area contributed by atoms with E-state index < -0.39 is 0 Å². The number of benzene rings is 1. The molecule has 0 saturated heterocycles. The third-order valence-corrected chi connectivity index (χ3v) is 4.77. The summed E-state index contributed by atoms with van der Waals surface area (Å²) < 4.78 is 5.62. The number of rotatable bonds is 6. The Labute approximate surface area is 164 Å². The van der Waals surface area contributed by atoms with E-state index in [1.807, 2.05) is 49.5 Å². The van der Waals surface area contributed by atoms with Crippen LogP contribution in [0.5, 0.6) is 0 Å². The van der Waals surface area contributed by atoms with Crippen LogP contribution in [0.4, 0.5) is 0 Å². The molecule has 3 heterocycles. The summed E-state index contributed by atoms with van der Waals surface area (Å²) in [6.07, 6.45) is 6.57. The molecule has 0 aliphatic carbocycles. The normalized spacial score (nSPS) is 12.0. The van der Waals surface area contributed by atoms with E-state index in [2.05, 4.69) is 21.5 Å². The van der Waals surface area contributed by atoms with Gasteiger partial charge in [0, 0.05) is 25.1 Å². The highest BCUT2D eigenvalue weighted by Gasteiger charge is 2.25. The Balaban J connectivity index is 0.00000240. The molecule has 6 heteroatoms. The minimum absolute atomic E-state index is 0. The number of hydrogen-bond donors (Lipinski definition) is 1. The first kappa shape index (κ1) is 17.7. The molecule has 1 atom stereocenters. The zero-order valence-electron chi connectivity index (χ0n) is 15.5. The average molecular weight is 374 g/mol. The largest absolute Gasteiger partial charge is 0.458 e. The number of aromatic nitrogens is 3. The minimum Gasteiger partial charge on any atom is -0.458 e. The molecular formula is C22H22N4O2. The lowest BCUT2D eigenvalue weighted by molar-refractivity contribution is 0.0682. The molecule has 0 aliphatic rings. The maximum atomic E-state index is 13.2. The second-order valence-electron chi connectivity index (χ2n) is 6.49. The number of carbonyl (C=O) groups excluding carboxylic acids is 1. The van der Waals surface area contributed by atoms with Crippen LogP contribution in [0, 0.1) is 0 Å². The quantitative estimate of drug-likeness (QED) is 0.489. The maximum Gasteiger partial charge on any atom is 0.290 e. The Hall–Kier alpha value is -3.67. The maximum absolute atomic E-state index is 13.2. The van der Waals surface area contributed by atoms with E-state index >= 15 is 0 Å². The summed E-state index contributed by atoms with van der Waals surface area (Å²) >= 11 is 0. The number of fused-ring (bicyclic) bond motifs is 1. The number of amides is 1. The number of furan rings is 1. The Kier molecular flexibility index (Phi) is 4.76. The molecule has 0 unspecified atom stereocenters. The number of aromatic amines is 1. The molecule has 6 nitrogen and oxygen atoms in total. The lowest BCUT2D eigenvalue weighted by Gasteiger charge is -2.27. The number of nitrogens with zero attached hydrogens (tertiary/aromatic N) is 3. The van der Waals surface area contributed by atoms with E-state index in [1.165, 1.54) is 6.33 Å². The van der Waals surface area contributed by atoms with Crippen LogP contribution >= 0.6 is 0 Å². The standard InChI is InChI=1S/C22H20N4O2.H2/c1-3-11-26(15(2)16-7-5-4-6-8-16)22(27)19-12-17(13-28-19)20-18-9-10-23-21(18)25-14-24-20;/h3-10,12-15H,1,11H2,2H3,(H,23,24,25);1H/t15-;/m0./s1. The van der Waals surface area contributed by atoms with Crippen molar-refractivity contribution < 1.29 is 10.6 Å². The second-order valence-corrected chi connectivity index (χ2v) is 6.49. The van der Waals surface area contributed by atoms with Gasteiger partial charge in [0.15, 0.2) is 5.76 Å². The van der Waals surface area contributed by atoms with Gasteiger partial charge in [0.2, 0.25) is 0 Å². The molecule has 0 fully saturated rings. The topological polar surface area (TPSA) is 75.0 Å². The lowest BCUT2D eigenvalue weighted by Crippen LogP contribution is -2.33. The lowest BCUT2D eigenvalue weighted by atomic mass is 10.1. The monoisotopic (exact) mass is 374 g/mol. The molecule has 0 saturated carbocycles. The van der Waals surface area contributed by atoms with Gasteiger partial charge >= 0.3 is 0 Å². The molecule has 1 aromatic carbocycles. The summed E-state index contributed by atoms with van der Waals surface area (Å²) in [7, 11) is 0. The van der Waals surface area contributed by atoms with Crippen molar-refractivity contribution in [2.45, 2.75) is 13.0 Å². The average Bonchev–Trinajstić information content (AvgIpc) is 3.41. The first-order valence-corrected chi connectivity index (χ1v) is 9.03. The van der Waals surface area contributed by atoms with E-state index in [-0.39, 0.29) is 19.1 Å². The first-order valence-electron chi connectivity index (χ1n) is 9.03. The smallest absolute Gasteiger partial charge is 0.290 e. The van der Waals surface area contributed by atoms with Gasteiger partial charge in [-0.3, -0.25) is 4.79 Å². The first-order chi connectivity index (χ1) is 13.7. The van der Waals surface area contributed by atoms with Gasteiger partial charge in [-0.25, -0.2) is 9.97 Å². The van der Waals surface area contributed by atoms with Gasteiger partial charge in [0.25, 0.3) is 5.91 Å². The van der Waals surface area contributed by atoms with Crippen molar-refractivity contribution in [3.63, 3.8) is 0 Å². The van der Waals surface area contributed by atoms with Crippen LogP contribution in [-0.4, -0.2) is 32.3 Å². The summed E-state index contributed by atoms with van der Waals surface area (Å²) in [6.45, 7) is 6.20. The highest BCUT2D eigenvalue weighted by Crippen LogP contribution is 2.28. The second kappa shape index (κ2) is 7.52. The van der Waals surface area contributed by atoms with Crippen molar-refractivity contribution in [1.29, 1.82) is 0 Å². The van der Waals surface area contributed by atoms with Crippen LogP contribution in [-0.2, 0) is 0 Å². The van der Waals surface area contributed by atoms with E-state index in [0.717, 1.165) is 27.9 Å². The van der Waals surface area contributed by atoms with Crippen molar-refractivity contribution in [1.82, 2.24) is 19.9 Å². The van der Waals surface area contributed by atoms with Crippen LogP contribution in [0.2, 0.25) is 0 Å². The zero-order valence-corrected chi connectivity index (χ0v) is 15.5. The molecule has 142 valence electrons. The van der Waals surface area contributed by atoms with Gasteiger partial charge < -0.3 is 14.3 Å². The molecule has 28 heavy (non-hydrogen) atoms. The summed E-state index contributed by atoms with van der Waals surface area (Å²) in [4.78, 5) is 26.5. The van der Waals surface area contributed by atoms with Crippen molar-refractivity contribution in [3.05, 3.63) is 85.2 Å².